The summed E-state index contributed by atoms with van der Waals surface area (Å²) in [6, 6.07) is 9.47. The molecular formula is C19H15N5O5. The molecule has 146 valence electrons. The number of nitrogens with one attached hydrogen (secondary N) is 2. The van der Waals surface area contributed by atoms with Crippen molar-refractivity contribution in [2.24, 2.45) is 0 Å². The number of rotatable bonds is 5. The SMILES string of the molecule is CCOc1cc(-c2ccc(O)c(C(=O)O)c2)ccc1-c1nc2n[nH]nc2c(=O)[nH]1. The molecule has 0 unspecified atom stereocenters. The van der Waals surface area contributed by atoms with Gasteiger partial charge in [-0.25, -0.2) is 9.78 Å². The molecule has 2 aromatic carbocycles. The summed E-state index contributed by atoms with van der Waals surface area (Å²) >= 11 is 0. The number of carboxylic acids is 1. The monoisotopic (exact) mass is 393 g/mol. The lowest BCUT2D eigenvalue weighted by Crippen LogP contribution is -2.10. The number of aromatic nitrogens is 5. The average molecular weight is 393 g/mol. The van der Waals surface area contributed by atoms with Gasteiger partial charge < -0.3 is 19.9 Å². The van der Waals surface area contributed by atoms with E-state index in [4.69, 9.17) is 4.74 Å². The number of phenols is 1. The third-order valence-electron chi connectivity index (χ3n) is 4.29. The summed E-state index contributed by atoms with van der Waals surface area (Å²) in [5, 5.41) is 28.9. The molecule has 2 aromatic heterocycles. The van der Waals surface area contributed by atoms with Crippen molar-refractivity contribution in [1.29, 1.82) is 0 Å². The molecule has 0 fully saturated rings. The fourth-order valence-corrected chi connectivity index (χ4v) is 2.94. The van der Waals surface area contributed by atoms with E-state index < -0.39 is 11.5 Å². The lowest BCUT2D eigenvalue weighted by atomic mass is 10.00. The Bertz CT molecular complexity index is 1290. The Morgan fingerprint density at radius 3 is 2.66 bits per heavy atom. The number of fused-ring (bicyclic) bond motifs is 1. The molecule has 0 saturated carbocycles. The quantitative estimate of drug-likeness (QED) is 0.402. The normalized spacial score (nSPS) is 10.9. The number of H-pyrrole nitrogens is 2. The highest BCUT2D eigenvalue weighted by Crippen LogP contribution is 2.34. The predicted octanol–water partition coefficient (Wildman–Crippen LogP) is 2.18. The van der Waals surface area contributed by atoms with E-state index in [9.17, 15) is 19.8 Å². The molecule has 0 saturated heterocycles. The zero-order chi connectivity index (χ0) is 20.5. The smallest absolute Gasteiger partial charge is 0.339 e. The first-order chi connectivity index (χ1) is 14.0. The van der Waals surface area contributed by atoms with Gasteiger partial charge >= 0.3 is 5.97 Å². The molecule has 0 bridgehead atoms. The van der Waals surface area contributed by atoms with E-state index in [2.05, 4.69) is 25.4 Å². The molecule has 0 radical (unpaired) electrons. The van der Waals surface area contributed by atoms with Gasteiger partial charge in [-0.2, -0.15) is 5.21 Å². The maximum Gasteiger partial charge on any atom is 0.339 e. The van der Waals surface area contributed by atoms with E-state index in [1.54, 1.807) is 24.3 Å². The number of aromatic hydroxyl groups is 1. The topological polar surface area (TPSA) is 154 Å². The molecular weight excluding hydrogens is 378 g/mol. The molecule has 4 N–H and O–H groups in total. The summed E-state index contributed by atoms with van der Waals surface area (Å²) in [7, 11) is 0. The van der Waals surface area contributed by atoms with Gasteiger partial charge in [-0.15, -0.1) is 10.2 Å². The second-order valence-electron chi connectivity index (χ2n) is 6.09. The third-order valence-corrected chi connectivity index (χ3v) is 4.29. The highest BCUT2D eigenvalue weighted by atomic mass is 16.5. The Balaban J connectivity index is 1.84. The molecule has 0 aliphatic carbocycles. The summed E-state index contributed by atoms with van der Waals surface area (Å²) in [4.78, 5) is 30.4. The van der Waals surface area contributed by atoms with Gasteiger partial charge in [0.15, 0.2) is 5.52 Å². The maximum atomic E-state index is 12.2. The average Bonchev–Trinajstić information content (AvgIpc) is 3.17. The van der Waals surface area contributed by atoms with E-state index in [1.165, 1.54) is 12.1 Å². The van der Waals surface area contributed by atoms with Crippen LogP contribution in [0.5, 0.6) is 11.5 Å². The second-order valence-corrected chi connectivity index (χ2v) is 6.09. The van der Waals surface area contributed by atoms with E-state index in [1.807, 2.05) is 6.92 Å². The van der Waals surface area contributed by atoms with Crippen molar-refractivity contribution in [3.63, 3.8) is 0 Å². The Morgan fingerprint density at radius 1 is 1.14 bits per heavy atom. The number of benzene rings is 2. The van der Waals surface area contributed by atoms with Gasteiger partial charge in [-0.05, 0) is 42.3 Å². The van der Waals surface area contributed by atoms with Crippen molar-refractivity contribution in [2.75, 3.05) is 6.61 Å². The zero-order valence-electron chi connectivity index (χ0n) is 15.1. The van der Waals surface area contributed by atoms with Crippen molar-refractivity contribution < 1.29 is 19.7 Å². The Hall–Kier alpha value is -4.21. The lowest BCUT2D eigenvalue weighted by Gasteiger charge is -2.12. The number of hydrogen-bond donors (Lipinski definition) is 4. The largest absolute Gasteiger partial charge is 0.507 e. The minimum Gasteiger partial charge on any atom is -0.507 e. The Morgan fingerprint density at radius 2 is 1.90 bits per heavy atom. The van der Waals surface area contributed by atoms with Crippen LogP contribution in [0, 0.1) is 0 Å². The van der Waals surface area contributed by atoms with Crippen molar-refractivity contribution in [3.8, 4) is 34.0 Å². The molecule has 0 spiro atoms. The van der Waals surface area contributed by atoms with E-state index in [0.29, 0.717) is 29.0 Å². The van der Waals surface area contributed by atoms with Gasteiger partial charge in [0.2, 0.25) is 5.65 Å². The second kappa shape index (κ2) is 7.08. The van der Waals surface area contributed by atoms with Crippen LogP contribution in [0.2, 0.25) is 0 Å². The number of aromatic carboxylic acids is 1. The molecule has 4 rings (SSSR count). The van der Waals surface area contributed by atoms with E-state index in [0.717, 1.165) is 0 Å². The number of aromatic amines is 2. The fourth-order valence-electron chi connectivity index (χ4n) is 2.94. The van der Waals surface area contributed by atoms with Crippen molar-refractivity contribution in [2.45, 2.75) is 6.92 Å². The molecule has 0 aliphatic rings. The van der Waals surface area contributed by atoms with Crippen LogP contribution >= 0.6 is 0 Å². The van der Waals surface area contributed by atoms with Crippen molar-refractivity contribution in [3.05, 3.63) is 52.3 Å². The standard InChI is InChI=1S/C19H15N5O5/c1-2-29-14-8-10(9-4-6-13(25)12(7-9)19(27)28)3-5-11(14)16-20-17-15(18(26)21-16)22-24-23-17/h3-8,25H,2H2,1H3,(H,27,28)(H2,20,21,22,23,24,26). The molecule has 10 heteroatoms. The Kier molecular flexibility index (Phi) is 4.43. The minimum absolute atomic E-state index is 0.105. The Labute approximate surface area is 162 Å². The maximum absolute atomic E-state index is 12.2. The summed E-state index contributed by atoms with van der Waals surface area (Å²) in [6.07, 6.45) is 0. The zero-order valence-corrected chi connectivity index (χ0v) is 15.1. The van der Waals surface area contributed by atoms with Crippen LogP contribution in [-0.4, -0.2) is 48.2 Å². The summed E-state index contributed by atoms with van der Waals surface area (Å²) in [6.45, 7) is 2.18. The van der Waals surface area contributed by atoms with Crippen molar-refractivity contribution in [1.82, 2.24) is 25.4 Å². The van der Waals surface area contributed by atoms with Crippen LogP contribution in [0.15, 0.2) is 41.2 Å². The number of carbonyl (C=O) groups is 1. The van der Waals surface area contributed by atoms with Crippen LogP contribution < -0.4 is 10.3 Å². The molecule has 0 amide bonds. The van der Waals surface area contributed by atoms with Crippen LogP contribution in [0.4, 0.5) is 0 Å². The number of ether oxygens (including phenoxy) is 1. The molecule has 2 heterocycles. The highest BCUT2D eigenvalue weighted by molar-refractivity contribution is 5.92. The van der Waals surface area contributed by atoms with Gasteiger partial charge in [-0.3, -0.25) is 4.79 Å². The molecule has 0 atom stereocenters. The summed E-state index contributed by atoms with van der Waals surface area (Å²) in [5.74, 6) is -0.830. The highest BCUT2D eigenvalue weighted by Gasteiger charge is 2.16. The lowest BCUT2D eigenvalue weighted by molar-refractivity contribution is 0.0694. The minimum atomic E-state index is -1.23. The van der Waals surface area contributed by atoms with Crippen LogP contribution in [-0.2, 0) is 0 Å². The fraction of sp³-hybridized carbons (Fsp3) is 0.105. The van der Waals surface area contributed by atoms with Gasteiger partial charge in [0, 0.05) is 0 Å². The van der Waals surface area contributed by atoms with Gasteiger partial charge in [-0.1, -0.05) is 12.1 Å². The summed E-state index contributed by atoms with van der Waals surface area (Å²) < 4.78 is 5.72. The first-order valence-electron chi connectivity index (χ1n) is 8.62. The van der Waals surface area contributed by atoms with Crippen LogP contribution in [0.3, 0.4) is 0 Å². The van der Waals surface area contributed by atoms with Gasteiger partial charge in [0.1, 0.15) is 22.9 Å². The van der Waals surface area contributed by atoms with Crippen LogP contribution in [0.25, 0.3) is 33.7 Å². The van der Waals surface area contributed by atoms with E-state index in [-0.39, 0.29) is 28.3 Å². The number of hydrogen-bond acceptors (Lipinski definition) is 7. The molecule has 4 aromatic rings. The molecule has 10 nitrogen and oxygen atoms in total. The van der Waals surface area contributed by atoms with Crippen LogP contribution in [0.1, 0.15) is 17.3 Å². The third kappa shape index (κ3) is 3.27. The molecule has 0 aliphatic heterocycles. The number of carboxylic acid groups (broad SMARTS) is 1. The number of nitrogens with zero attached hydrogens (tertiary/aromatic N) is 3. The first kappa shape index (κ1) is 18.2. The van der Waals surface area contributed by atoms with Gasteiger partial charge in [0.25, 0.3) is 5.56 Å². The van der Waals surface area contributed by atoms with E-state index >= 15 is 0 Å². The van der Waals surface area contributed by atoms with Crippen molar-refractivity contribution >= 4 is 17.1 Å². The summed E-state index contributed by atoms with van der Waals surface area (Å²) in [5.41, 5.74) is 1.44. The first-order valence-corrected chi connectivity index (χ1v) is 8.62. The van der Waals surface area contributed by atoms with Gasteiger partial charge in [0.05, 0.1) is 12.2 Å². The predicted molar refractivity (Wildman–Crippen MR) is 103 cm³/mol. The molecule has 29 heavy (non-hydrogen) atoms.